The van der Waals surface area contributed by atoms with E-state index in [4.69, 9.17) is 14.6 Å². The Labute approximate surface area is 267 Å². The molecule has 0 aliphatic carbocycles. The maximum absolute atomic E-state index is 15.1. The van der Waals surface area contributed by atoms with Crippen molar-refractivity contribution in [3.8, 4) is 56.4 Å². The van der Waals surface area contributed by atoms with E-state index in [1.54, 1.807) is 42.5 Å². The molecule has 8 rings (SSSR count). The smallest absolute Gasteiger partial charge is 0.167 e. The fourth-order valence-electron chi connectivity index (χ4n) is 5.19. The molecule has 0 aliphatic heterocycles. The molecule has 0 amide bonds. The van der Waals surface area contributed by atoms with Crippen LogP contribution in [0.25, 0.3) is 76.6 Å². The van der Waals surface area contributed by atoms with Gasteiger partial charge in [0.2, 0.25) is 0 Å². The van der Waals surface area contributed by atoms with Crippen LogP contribution >= 0.6 is 11.3 Å². The minimum Gasteiger partial charge on any atom is -0.208 e. The summed E-state index contributed by atoms with van der Waals surface area (Å²) in [5, 5.41) is 0.360. The SMILES string of the molecule is [2H]c1c([2H])c([2H])c2c(sc3c(-c4cccc(-c5nc(-c6ccc(-c7ccccc7)cc6)nc(-c6ccccc6F)n5)c4)c([2H])c([2H])c([2H])c32)c1[2H]. The Balaban J connectivity index is 1.32. The minimum absolute atomic E-state index is 0.133. The van der Waals surface area contributed by atoms with Crippen LogP contribution in [0.15, 0.2) is 145 Å². The van der Waals surface area contributed by atoms with E-state index in [2.05, 4.69) is 9.97 Å². The summed E-state index contributed by atoms with van der Waals surface area (Å²) in [7, 11) is 0. The summed E-state index contributed by atoms with van der Waals surface area (Å²) in [6.45, 7) is 0. The fraction of sp³-hybridized carbons (Fsp3) is 0. The molecular weight excluding hydrogens is 562 g/mol. The summed E-state index contributed by atoms with van der Waals surface area (Å²) < 4.78 is 75.7. The molecule has 0 spiro atoms. The third kappa shape index (κ3) is 4.74. The average molecular weight is 593 g/mol. The molecule has 0 saturated carbocycles. The molecule has 0 fully saturated rings. The number of hydrogen-bond acceptors (Lipinski definition) is 4. The van der Waals surface area contributed by atoms with Gasteiger partial charge < -0.3 is 0 Å². The van der Waals surface area contributed by atoms with E-state index in [1.165, 1.54) is 6.07 Å². The molecule has 5 heteroatoms. The normalized spacial score (nSPS) is 13.5. The lowest BCUT2D eigenvalue weighted by Crippen LogP contribution is -2.01. The van der Waals surface area contributed by atoms with Gasteiger partial charge >= 0.3 is 0 Å². The first-order valence-corrected chi connectivity index (χ1v) is 14.6. The van der Waals surface area contributed by atoms with Gasteiger partial charge in [-0.2, -0.15) is 0 Å². The Bertz CT molecular complexity index is 2680. The first-order valence-electron chi connectivity index (χ1n) is 17.3. The molecule has 0 N–H and O–H groups in total. The Kier molecular flexibility index (Phi) is 4.89. The number of benzene rings is 6. The molecule has 0 bridgehead atoms. The zero-order chi connectivity index (χ0) is 35.6. The first-order chi connectivity index (χ1) is 24.6. The molecule has 0 radical (unpaired) electrons. The van der Waals surface area contributed by atoms with Crippen LogP contribution < -0.4 is 0 Å². The quantitative estimate of drug-likeness (QED) is 0.200. The fourth-order valence-corrected chi connectivity index (χ4v) is 6.27. The summed E-state index contributed by atoms with van der Waals surface area (Å²) in [4.78, 5) is 14.2. The standard InChI is InChI=1S/C39H24FN3S/c40-34-18-6-4-15-33(34)39-42-37(27-22-20-26(21-23-27)25-10-2-1-3-11-25)41-38(43-39)29-13-8-12-28(24-29)30-16-9-17-32-31-14-5-7-19-35(31)44-36(30)32/h1-24H/i5D,7D,9D,14D,16D,17D,19D. The highest BCUT2D eigenvalue weighted by Gasteiger charge is 2.16. The van der Waals surface area contributed by atoms with Crippen molar-refractivity contribution < 1.29 is 14.0 Å². The molecule has 2 aromatic heterocycles. The highest BCUT2D eigenvalue weighted by molar-refractivity contribution is 7.26. The van der Waals surface area contributed by atoms with E-state index in [0.29, 0.717) is 32.8 Å². The Morgan fingerprint density at radius 3 is 1.98 bits per heavy atom. The van der Waals surface area contributed by atoms with Crippen molar-refractivity contribution in [2.24, 2.45) is 0 Å². The van der Waals surface area contributed by atoms with Crippen LogP contribution in [0.3, 0.4) is 0 Å². The lowest BCUT2D eigenvalue weighted by Gasteiger charge is -2.11. The molecule has 0 saturated heterocycles. The van der Waals surface area contributed by atoms with E-state index >= 15 is 4.39 Å². The molecule has 208 valence electrons. The van der Waals surface area contributed by atoms with Gasteiger partial charge in [-0.25, -0.2) is 19.3 Å². The van der Waals surface area contributed by atoms with Crippen LogP contribution in [-0.4, -0.2) is 15.0 Å². The van der Waals surface area contributed by atoms with Gasteiger partial charge in [0.15, 0.2) is 17.5 Å². The van der Waals surface area contributed by atoms with Gasteiger partial charge in [-0.3, -0.25) is 0 Å². The predicted octanol–water partition coefficient (Wildman–Crippen LogP) is 10.7. The second kappa shape index (κ2) is 11.0. The first kappa shape index (κ1) is 19.6. The second-order valence-electron chi connectivity index (χ2n) is 10.1. The van der Waals surface area contributed by atoms with Crippen molar-refractivity contribution in [2.75, 3.05) is 0 Å². The number of rotatable bonds is 5. The van der Waals surface area contributed by atoms with Gasteiger partial charge in [0.1, 0.15) is 5.82 Å². The van der Waals surface area contributed by atoms with Gasteiger partial charge in [0.05, 0.1) is 15.2 Å². The molecule has 0 aliphatic rings. The van der Waals surface area contributed by atoms with Crippen LogP contribution in [0, 0.1) is 5.82 Å². The van der Waals surface area contributed by atoms with Crippen LogP contribution in [0.5, 0.6) is 0 Å². The second-order valence-corrected chi connectivity index (χ2v) is 11.1. The zero-order valence-corrected chi connectivity index (χ0v) is 23.8. The highest BCUT2D eigenvalue weighted by atomic mass is 32.1. The number of hydrogen-bond donors (Lipinski definition) is 0. The Hall–Kier alpha value is -5.52. The Morgan fingerprint density at radius 2 is 1.14 bits per heavy atom. The topological polar surface area (TPSA) is 38.7 Å². The van der Waals surface area contributed by atoms with Crippen LogP contribution in [0.2, 0.25) is 0 Å². The minimum atomic E-state index is -0.493. The maximum atomic E-state index is 15.1. The molecule has 2 heterocycles. The van der Waals surface area contributed by atoms with Gasteiger partial charge in [-0.1, -0.05) is 121 Å². The van der Waals surface area contributed by atoms with Crippen molar-refractivity contribution in [3.63, 3.8) is 0 Å². The third-order valence-electron chi connectivity index (χ3n) is 7.35. The van der Waals surface area contributed by atoms with Crippen molar-refractivity contribution in [3.05, 3.63) is 151 Å². The van der Waals surface area contributed by atoms with Crippen LogP contribution in [-0.2, 0) is 0 Å². The third-order valence-corrected chi connectivity index (χ3v) is 8.47. The molecule has 8 aromatic rings. The van der Waals surface area contributed by atoms with E-state index in [9.17, 15) is 0 Å². The van der Waals surface area contributed by atoms with Gasteiger partial charge in [-0.15, -0.1) is 11.3 Å². The van der Waals surface area contributed by atoms with E-state index in [-0.39, 0.29) is 62.9 Å². The molecule has 6 aromatic carbocycles. The van der Waals surface area contributed by atoms with Crippen LogP contribution in [0.4, 0.5) is 4.39 Å². The largest absolute Gasteiger partial charge is 0.208 e. The number of nitrogens with zero attached hydrogens (tertiary/aromatic N) is 3. The summed E-state index contributed by atoms with van der Waals surface area (Å²) in [5.74, 6) is 0.211. The lowest BCUT2D eigenvalue weighted by molar-refractivity contribution is 0.630. The van der Waals surface area contributed by atoms with Gasteiger partial charge in [-0.05, 0) is 46.5 Å². The van der Waals surface area contributed by atoms with Crippen molar-refractivity contribution in [1.29, 1.82) is 0 Å². The number of fused-ring (bicyclic) bond motifs is 3. The van der Waals surface area contributed by atoms with E-state index in [0.717, 1.165) is 22.5 Å². The highest BCUT2D eigenvalue weighted by Crippen LogP contribution is 2.40. The summed E-state index contributed by atoms with van der Waals surface area (Å²) in [6, 6.07) is 28.7. The zero-order valence-electron chi connectivity index (χ0n) is 29.9. The van der Waals surface area contributed by atoms with Crippen molar-refractivity contribution >= 4 is 31.5 Å². The molecule has 0 unspecified atom stereocenters. The average Bonchev–Trinajstić information content (AvgIpc) is 3.56. The molecule has 44 heavy (non-hydrogen) atoms. The van der Waals surface area contributed by atoms with Crippen molar-refractivity contribution in [1.82, 2.24) is 15.0 Å². The van der Waals surface area contributed by atoms with Crippen molar-refractivity contribution in [2.45, 2.75) is 0 Å². The maximum Gasteiger partial charge on any atom is 0.167 e. The lowest BCUT2D eigenvalue weighted by atomic mass is 10.0. The predicted molar refractivity (Wildman–Crippen MR) is 180 cm³/mol. The monoisotopic (exact) mass is 592 g/mol. The number of thiophene rings is 1. The van der Waals surface area contributed by atoms with E-state index < -0.39 is 17.9 Å². The van der Waals surface area contributed by atoms with E-state index in [1.807, 2.05) is 54.6 Å². The number of aromatic nitrogens is 3. The number of halogens is 1. The van der Waals surface area contributed by atoms with Gasteiger partial charge in [0.25, 0.3) is 0 Å². The molecule has 3 nitrogen and oxygen atoms in total. The summed E-state index contributed by atoms with van der Waals surface area (Å²) in [5.41, 5.74) is 4.29. The molecule has 0 atom stereocenters. The van der Waals surface area contributed by atoms with Gasteiger partial charge in [0, 0.05) is 31.3 Å². The summed E-state index contributed by atoms with van der Waals surface area (Å²) in [6.07, 6.45) is 0. The Morgan fingerprint density at radius 1 is 0.500 bits per heavy atom. The van der Waals surface area contributed by atoms with Crippen LogP contribution in [0.1, 0.15) is 9.60 Å². The molecular formula is C39H24FN3S. The summed E-state index contributed by atoms with van der Waals surface area (Å²) >= 11 is 1.07.